The second-order valence-electron chi connectivity index (χ2n) is 5.59. The molecule has 2 amide bonds. The van der Waals surface area contributed by atoms with E-state index in [4.69, 9.17) is 9.47 Å². The van der Waals surface area contributed by atoms with Crippen molar-refractivity contribution in [1.82, 2.24) is 0 Å². The van der Waals surface area contributed by atoms with Crippen LogP contribution in [0.25, 0.3) is 0 Å². The molecule has 0 saturated carbocycles. The summed E-state index contributed by atoms with van der Waals surface area (Å²) in [5.74, 6) is 0.647. The fourth-order valence-corrected chi connectivity index (χ4v) is 2.84. The molecule has 0 aliphatic carbocycles. The van der Waals surface area contributed by atoms with E-state index in [0.717, 1.165) is 22.1 Å². The molecule has 126 valence electrons. The predicted molar refractivity (Wildman–Crippen MR) is 97.8 cm³/mol. The van der Waals surface area contributed by atoms with Crippen LogP contribution in [0, 0.1) is 6.92 Å². The minimum Gasteiger partial charge on any atom is -0.486 e. The lowest BCUT2D eigenvalue weighted by Crippen LogP contribution is -2.22. The van der Waals surface area contributed by atoms with E-state index in [1.54, 1.807) is 0 Å². The van der Waals surface area contributed by atoms with Crippen molar-refractivity contribution in [1.29, 1.82) is 0 Å². The quantitative estimate of drug-likeness (QED) is 0.803. The Labute approximate surface area is 149 Å². The van der Waals surface area contributed by atoms with Crippen LogP contribution in [-0.4, -0.2) is 25.3 Å². The van der Waals surface area contributed by atoms with Crippen molar-refractivity contribution in [2.24, 2.45) is 0 Å². The lowest BCUT2D eigenvalue weighted by Gasteiger charge is -2.16. The zero-order chi connectivity index (χ0) is 16.9. The van der Waals surface area contributed by atoms with Gasteiger partial charge >= 0.3 is 6.03 Å². The van der Waals surface area contributed by atoms with Crippen molar-refractivity contribution in [3.63, 3.8) is 0 Å². The van der Waals surface area contributed by atoms with E-state index in [9.17, 15) is 4.79 Å². The molecule has 3 rings (SSSR count). The summed E-state index contributed by atoms with van der Waals surface area (Å²) in [6, 6.07) is 12.8. The number of carbonyl (C=O) groups excluding carboxylic acids is 1. The molecule has 1 heterocycles. The molecule has 2 N–H and O–H groups in total. The number of rotatable bonds is 4. The van der Waals surface area contributed by atoms with Gasteiger partial charge in [-0.1, -0.05) is 34.1 Å². The Morgan fingerprint density at radius 2 is 1.92 bits per heavy atom. The monoisotopic (exact) mass is 390 g/mol. The van der Waals surface area contributed by atoms with Crippen LogP contribution in [0.1, 0.15) is 12.0 Å². The van der Waals surface area contributed by atoms with Crippen molar-refractivity contribution in [2.75, 3.05) is 23.8 Å². The summed E-state index contributed by atoms with van der Waals surface area (Å²) in [6.07, 6.45) is 0.890. The van der Waals surface area contributed by atoms with Gasteiger partial charge < -0.3 is 20.1 Å². The van der Waals surface area contributed by atoms with Gasteiger partial charge in [-0.25, -0.2) is 4.79 Å². The van der Waals surface area contributed by atoms with Crippen molar-refractivity contribution in [3.8, 4) is 5.75 Å². The third kappa shape index (κ3) is 4.07. The Hall–Kier alpha value is -2.05. The van der Waals surface area contributed by atoms with Gasteiger partial charge in [0, 0.05) is 16.6 Å². The van der Waals surface area contributed by atoms with Crippen LogP contribution in [-0.2, 0) is 4.74 Å². The highest BCUT2D eigenvalue weighted by Gasteiger charge is 2.19. The minimum absolute atomic E-state index is 0.0309. The first-order chi connectivity index (χ1) is 11.6. The molecule has 0 spiro atoms. The zero-order valence-corrected chi connectivity index (χ0v) is 14.9. The Morgan fingerprint density at radius 1 is 1.17 bits per heavy atom. The van der Waals surface area contributed by atoms with E-state index >= 15 is 0 Å². The number of hydrogen-bond acceptors (Lipinski definition) is 3. The normalized spacial score (nSPS) is 16.7. The molecule has 2 aromatic carbocycles. The maximum atomic E-state index is 12.3. The number of anilines is 2. The van der Waals surface area contributed by atoms with Gasteiger partial charge in [0.05, 0.1) is 18.9 Å². The van der Waals surface area contributed by atoms with Crippen LogP contribution in [0.4, 0.5) is 16.2 Å². The Kier molecular flexibility index (Phi) is 5.37. The van der Waals surface area contributed by atoms with Gasteiger partial charge in [0.1, 0.15) is 11.9 Å². The average Bonchev–Trinajstić information content (AvgIpc) is 3.07. The van der Waals surface area contributed by atoms with Gasteiger partial charge in [0.25, 0.3) is 0 Å². The van der Waals surface area contributed by atoms with Crippen LogP contribution in [0.15, 0.2) is 46.9 Å². The van der Waals surface area contributed by atoms with Gasteiger partial charge in [-0.15, -0.1) is 0 Å². The molecule has 1 saturated heterocycles. The second-order valence-corrected chi connectivity index (χ2v) is 6.45. The van der Waals surface area contributed by atoms with E-state index in [-0.39, 0.29) is 12.1 Å². The van der Waals surface area contributed by atoms with Crippen molar-refractivity contribution < 1.29 is 14.3 Å². The molecule has 0 bridgehead atoms. The van der Waals surface area contributed by atoms with E-state index in [1.807, 2.05) is 49.4 Å². The number of amides is 2. The summed E-state index contributed by atoms with van der Waals surface area (Å²) >= 11 is 3.46. The van der Waals surface area contributed by atoms with Gasteiger partial charge in [-0.3, -0.25) is 0 Å². The SMILES string of the molecule is Cc1c(Br)cccc1NC(=O)Nc1ccccc1O[C@H]1CCOC1. The van der Waals surface area contributed by atoms with E-state index in [2.05, 4.69) is 26.6 Å². The summed E-state index contributed by atoms with van der Waals surface area (Å²) in [6.45, 7) is 3.23. The molecular weight excluding hydrogens is 372 g/mol. The number of nitrogens with one attached hydrogen (secondary N) is 2. The van der Waals surface area contributed by atoms with Gasteiger partial charge in [0.15, 0.2) is 0 Å². The van der Waals surface area contributed by atoms with Gasteiger partial charge in [0.2, 0.25) is 0 Å². The smallest absolute Gasteiger partial charge is 0.323 e. The fourth-order valence-electron chi connectivity index (χ4n) is 2.48. The largest absolute Gasteiger partial charge is 0.486 e. The number of urea groups is 1. The first-order valence-corrected chi connectivity index (χ1v) is 8.59. The molecule has 1 fully saturated rings. The summed E-state index contributed by atoms with van der Waals surface area (Å²) in [4.78, 5) is 12.3. The number of para-hydroxylation sites is 2. The number of benzene rings is 2. The van der Waals surface area contributed by atoms with Crippen molar-refractivity contribution in [2.45, 2.75) is 19.4 Å². The Balaban J connectivity index is 1.69. The lowest BCUT2D eigenvalue weighted by molar-refractivity contribution is 0.142. The molecule has 5 nitrogen and oxygen atoms in total. The van der Waals surface area contributed by atoms with Crippen LogP contribution in [0.2, 0.25) is 0 Å². The first kappa shape index (κ1) is 16.8. The molecular formula is C18H19BrN2O3. The number of hydrogen-bond donors (Lipinski definition) is 2. The van der Waals surface area contributed by atoms with Crippen molar-refractivity contribution in [3.05, 3.63) is 52.5 Å². The predicted octanol–water partition coefficient (Wildman–Crippen LogP) is 4.57. The van der Waals surface area contributed by atoms with Crippen LogP contribution in [0.3, 0.4) is 0 Å². The minimum atomic E-state index is -0.310. The molecule has 1 atom stereocenters. The molecule has 0 unspecified atom stereocenters. The standard InChI is InChI=1S/C18H19BrN2O3/c1-12-14(19)5-4-7-15(12)20-18(22)21-16-6-2-3-8-17(16)24-13-9-10-23-11-13/h2-8,13H,9-11H2,1H3,(H2,20,21,22)/t13-/m0/s1. The molecule has 1 aliphatic heterocycles. The summed E-state index contributed by atoms with van der Waals surface area (Å²) in [5.41, 5.74) is 2.36. The van der Waals surface area contributed by atoms with Crippen LogP contribution in [0.5, 0.6) is 5.75 Å². The summed E-state index contributed by atoms with van der Waals surface area (Å²) in [7, 11) is 0. The number of halogens is 1. The maximum absolute atomic E-state index is 12.3. The number of carbonyl (C=O) groups is 1. The van der Waals surface area contributed by atoms with E-state index in [0.29, 0.717) is 24.7 Å². The van der Waals surface area contributed by atoms with Gasteiger partial charge in [-0.2, -0.15) is 0 Å². The third-order valence-corrected chi connectivity index (χ3v) is 4.69. The Morgan fingerprint density at radius 3 is 2.71 bits per heavy atom. The van der Waals surface area contributed by atoms with Crippen LogP contribution < -0.4 is 15.4 Å². The highest BCUT2D eigenvalue weighted by atomic mass is 79.9. The van der Waals surface area contributed by atoms with Crippen molar-refractivity contribution >= 4 is 33.3 Å². The Bertz CT molecular complexity index is 730. The third-order valence-electron chi connectivity index (χ3n) is 3.83. The molecule has 24 heavy (non-hydrogen) atoms. The highest BCUT2D eigenvalue weighted by molar-refractivity contribution is 9.10. The molecule has 0 radical (unpaired) electrons. The second kappa shape index (κ2) is 7.68. The molecule has 2 aromatic rings. The molecule has 1 aliphatic rings. The topological polar surface area (TPSA) is 59.6 Å². The fraction of sp³-hybridized carbons (Fsp3) is 0.278. The highest BCUT2D eigenvalue weighted by Crippen LogP contribution is 2.27. The van der Waals surface area contributed by atoms with E-state index < -0.39 is 0 Å². The first-order valence-electron chi connectivity index (χ1n) is 7.80. The lowest BCUT2D eigenvalue weighted by atomic mass is 10.2. The maximum Gasteiger partial charge on any atom is 0.323 e. The number of ether oxygens (including phenoxy) is 2. The van der Waals surface area contributed by atoms with E-state index in [1.165, 1.54) is 0 Å². The average molecular weight is 391 g/mol. The summed E-state index contributed by atoms with van der Waals surface area (Å²) in [5, 5.41) is 5.71. The van der Waals surface area contributed by atoms with Gasteiger partial charge in [-0.05, 0) is 36.8 Å². The molecule has 6 heteroatoms. The summed E-state index contributed by atoms with van der Waals surface area (Å²) < 4.78 is 12.2. The van der Waals surface area contributed by atoms with Crippen LogP contribution >= 0.6 is 15.9 Å². The zero-order valence-electron chi connectivity index (χ0n) is 13.3. The molecule has 0 aromatic heterocycles.